The van der Waals surface area contributed by atoms with E-state index in [1.807, 2.05) is 0 Å². The molecule has 1 atom stereocenters. The van der Waals surface area contributed by atoms with Crippen LogP contribution in [-0.2, 0) is 4.74 Å². The Morgan fingerprint density at radius 3 is 3.11 bits per heavy atom. The summed E-state index contributed by atoms with van der Waals surface area (Å²) in [5.41, 5.74) is 0. The summed E-state index contributed by atoms with van der Waals surface area (Å²) in [7, 11) is 0. The monoisotopic (exact) mass is 127 g/mol. The van der Waals surface area contributed by atoms with Crippen LogP contribution in [0.25, 0.3) is 0 Å². The Hall–Kier alpha value is -0.0400. The Morgan fingerprint density at radius 2 is 2.56 bits per heavy atom. The molecule has 0 bridgehead atoms. The highest BCUT2D eigenvalue weighted by molar-refractivity contribution is 4.67. The van der Waals surface area contributed by atoms with Gasteiger partial charge >= 0.3 is 0 Å². The van der Waals surface area contributed by atoms with Crippen molar-refractivity contribution in [2.24, 2.45) is 0 Å². The standard InChI is InChI=1S/C8H15O/c1-2-3-5-8-6-4-7-9-8/h2,8H,3-7H2,1H3. The van der Waals surface area contributed by atoms with Crippen LogP contribution >= 0.6 is 0 Å². The first-order chi connectivity index (χ1) is 4.43. The Kier molecular flexibility index (Phi) is 3.05. The summed E-state index contributed by atoms with van der Waals surface area (Å²) in [6, 6.07) is 0. The van der Waals surface area contributed by atoms with E-state index in [1.165, 1.54) is 25.7 Å². The first-order valence-electron chi connectivity index (χ1n) is 3.83. The summed E-state index contributed by atoms with van der Waals surface area (Å²) in [5.74, 6) is 0. The Bertz CT molecular complexity index is 65.0. The number of hydrogen-bond acceptors (Lipinski definition) is 1. The maximum absolute atomic E-state index is 5.44. The molecule has 1 rings (SSSR count). The van der Waals surface area contributed by atoms with Crippen molar-refractivity contribution in [3.63, 3.8) is 0 Å². The van der Waals surface area contributed by atoms with Crippen LogP contribution in [0.4, 0.5) is 0 Å². The molecule has 1 unspecified atom stereocenters. The van der Waals surface area contributed by atoms with Crippen LogP contribution in [0.3, 0.4) is 0 Å². The highest BCUT2D eigenvalue weighted by Gasteiger charge is 2.13. The summed E-state index contributed by atoms with van der Waals surface area (Å²) < 4.78 is 5.44. The number of ether oxygens (including phenoxy) is 1. The lowest BCUT2D eigenvalue weighted by molar-refractivity contribution is 0.104. The van der Waals surface area contributed by atoms with Gasteiger partial charge in [-0.25, -0.2) is 0 Å². The van der Waals surface area contributed by atoms with Crippen LogP contribution in [0.15, 0.2) is 0 Å². The normalized spacial score (nSPS) is 27.0. The van der Waals surface area contributed by atoms with E-state index in [2.05, 4.69) is 13.3 Å². The maximum Gasteiger partial charge on any atom is 0.0576 e. The Balaban J connectivity index is 1.98. The third-order valence-corrected chi connectivity index (χ3v) is 1.80. The van der Waals surface area contributed by atoms with Gasteiger partial charge in [0.1, 0.15) is 0 Å². The fraction of sp³-hybridized carbons (Fsp3) is 0.875. The molecule has 1 saturated heterocycles. The lowest BCUT2D eigenvalue weighted by Gasteiger charge is -2.05. The molecule has 9 heavy (non-hydrogen) atoms. The van der Waals surface area contributed by atoms with E-state index in [1.54, 1.807) is 0 Å². The van der Waals surface area contributed by atoms with Gasteiger partial charge in [-0.15, -0.1) is 0 Å². The lowest BCUT2D eigenvalue weighted by atomic mass is 10.1. The van der Waals surface area contributed by atoms with E-state index < -0.39 is 0 Å². The minimum atomic E-state index is 0.584. The predicted molar refractivity (Wildman–Crippen MR) is 38.2 cm³/mol. The van der Waals surface area contributed by atoms with Crippen LogP contribution in [0.1, 0.15) is 32.6 Å². The highest BCUT2D eigenvalue weighted by Crippen LogP contribution is 2.16. The zero-order valence-corrected chi connectivity index (χ0v) is 6.10. The molecule has 1 heterocycles. The Morgan fingerprint density at radius 1 is 1.67 bits per heavy atom. The molecule has 1 heteroatoms. The quantitative estimate of drug-likeness (QED) is 0.564. The average Bonchev–Trinajstić information content (AvgIpc) is 2.34. The second-order valence-electron chi connectivity index (χ2n) is 2.62. The molecule has 0 aromatic rings. The summed E-state index contributed by atoms with van der Waals surface area (Å²) >= 11 is 0. The van der Waals surface area contributed by atoms with E-state index in [9.17, 15) is 0 Å². The van der Waals surface area contributed by atoms with Gasteiger partial charge in [-0.1, -0.05) is 6.92 Å². The minimum Gasteiger partial charge on any atom is -0.378 e. The van der Waals surface area contributed by atoms with Crippen molar-refractivity contribution >= 4 is 0 Å². The third-order valence-electron chi connectivity index (χ3n) is 1.80. The SMILES string of the molecule is C[CH]CCC1CCCO1. The molecule has 0 aliphatic carbocycles. The lowest BCUT2D eigenvalue weighted by Crippen LogP contribution is -2.03. The molecule has 0 amide bonds. The van der Waals surface area contributed by atoms with Gasteiger partial charge in [-0.3, -0.25) is 0 Å². The molecule has 53 valence electrons. The molecular formula is C8H15O. The molecule has 0 aromatic carbocycles. The van der Waals surface area contributed by atoms with Gasteiger partial charge in [0.05, 0.1) is 6.10 Å². The van der Waals surface area contributed by atoms with E-state index in [0.717, 1.165) is 6.61 Å². The zero-order valence-electron chi connectivity index (χ0n) is 6.10. The third kappa shape index (κ3) is 2.35. The van der Waals surface area contributed by atoms with Crippen molar-refractivity contribution in [2.45, 2.75) is 38.7 Å². The molecule has 1 radical (unpaired) electrons. The van der Waals surface area contributed by atoms with Crippen molar-refractivity contribution in [2.75, 3.05) is 6.61 Å². The van der Waals surface area contributed by atoms with Crippen molar-refractivity contribution < 1.29 is 4.74 Å². The van der Waals surface area contributed by atoms with Gasteiger partial charge in [0.25, 0.3) is 0 Å². The first kappa shape index (κ1) is 7.07. The van der Waals surface area contributed by atoms with E-state index in [-0.39, 0.29) is 0 Å². The smallest absolute Gasteiger partial charge is 0.0576 e. The first-order valence-corrected chi connectivity index (χ1v) is 3.83. The molecule has 0 saturated carbocycles. The molecular weight excluding hydrogens is 112 g/mol. The van der Waals surface area contributed by atoms with E-state index in [0.29, 0.717) is 6.10 Å². The van der Waals surface area contributed by atoms with Crippen LogP contribution in [-0.4, -0.2) is 12.7 Å². The van der Waals surface area contributed by atoms with Crippen LogP contribution < -0.4 is 0 Å². The summed E-state index contributed by atoms with van der Waals surface area (Å²) in [6.07, 6.45) is 7.80. The van der Waals surface area contributed by atoms with Crippen molar-refractivity contribution in [3.8, 4) is 0 Å². The minimum absolute atomic E-state index is 0.584. The van der Waals surface area contributed by atoms with Gasteiger partial charge < -0.3 is 4.74 Å². The summed E-state index contributed by atoms with van der Waals surface area (Å²) in [4.78, 5) is 0. The van der Waals surface area contributed by atoms with Gasteiger partial charge in [-0.05, 0) is 32.1 Å². The number of unbranched alkanes of at least 4 members (excludes halogenated alkanes) is 1. The number of hydrogen-bond donors (Lipinski definition) is 0. The fourth-order valence-electron chi connectivity index (χ4n) is 1.22. The molecule has 1 aliphatic heterocycles. The summed E-state index contributed by atoms with van der Waals surface area (Å²) in [6.45, 7) is 3.10. The molecule has 1 nitrogen and oxygen atoms in total. The maximum atomic E-state index is 5.44. The zero-order chi connectivity index (χ0) is 6.53. The van der Waals surface area contributed by atoms with Crippen molar-refractivity contribution in [1.29, 1.82) is 0 Å². The largest absolute Gasteiger partial charge is 0.378 e. The van der Waals surface area contributed by atoms with Gasteiger partial charge in [0.2, 0.25) is 0 Å². The molecule has 1 fully saturated rings. The van der Waals surface area contributed by atoms with E-state index in [4.69, 9.17) is 4.74 Å². The van der Waals surface area contributed by atoms with Crippen LogP contribution in [0.2, 0.25) is 0 Å². The number of rotatable bonds is 3. The Labute approximate surface area is 57.4 Å². The molecule has 1 aliphatic rings. The molecule has 0 N–H and O–H groups in total. The predicted octanol–water partition coefficient (Wildman–Crippen LogP) is 2.17. The van der Waals surface area contributed by atoms with Gasteiger partial charge in [0, 0.05) is 6.61 Å². The average molecular weight is 127 g/mol. The molecule has 0 aromatic heterocycles. The second-order valence-corrected chi connectivity index (χ2v) is 2.62. The topological polar surface area (TPSA) is 9.23 Å². The van der Waals surface area contributed by atoms with Crippen LogP contribution in [0, 0.1) is 6.42 Å². The van der Waals surface area contributed by atoms with Crippen molar-refractivity contribution in [1.82, 2.24) is 0 Å². The van der Waals surface area contributed by atoms with Gasteiger partial charge in [0.15, 0.2) is 0 Å². The van der Waals surface area contributed by atoms with Crippen molar-refractivity contribution in [3.05, 3.63) is 6.42 Å². The molecule has 0 spiro atoms. The van der Waals surface area contributed by atoms with Crippen LogP contribution in [0.5, 0.6) is 0 Å². The fourth-order valence-corrected chi connectivity index (χ4v) is 1.22. The van der Waals surface area contributed by atoms with E-state index >= 15 is 0 Å². The highest BCUT2D eigenvalue weighted by atomic mass is 16.5. The summed E-state index contributed by atoms with van der Waals surface area (Å²) in [5, 5.41) is 0. The van der Waals surface area contributed by atoms with Gasteiger partial charge in [-0.2, -0.15) is 0 Å². The second kappa shape index (κ2) is 3.89.